The molecule has 0 bridgehead atoms. The van der Waals surface area contributed by atoms with E-state index in [1.807, 2.05) is 26.0 Å². The van der Waals surface area contributed by atoms with E-state index in [1.165, 1.54) is 7.11 Å². The predicted molar refractivity (Wildman–Crippen MR) is 81.9 cm³/mol. The van der Waals surface area contributed by atoms with Crippen LogP contribution in [-0.4, -0.2) is 35.2 Å². The molecule has 0 aliphatic heterocycles. The second kappa shape index (κ2) is 6.26. The monoisotopic (exact) mass is 353 g/mol. The van der Waals surface area contributed by atoms with Crippen LogP contribution >= 0.6 is 15.9 Å². The maximum atomic E-state index is 12.3. The number of ether oxygens (including phenoxy) is 1. The molecule has 1 aromatic carbocycles. The van der Waals surface area contributed by atoms with Crippen LogP contribution in [0.5, 0.6) is 0 Å². The fourth-order valence-electron chi connectivity index (χ4n) is 1.99. The molecule has 0 saturated heterocycles. The summed E-state index contributed by atoms with van der Waals surface area (Å²) in [7, 11) is 1.30. The van der Waals surface area contributed by atoms with Crippen LogP contribution < -0.4 is 5.32 Å². The zero-order chi connectivity index (χ0) is 15.6. The summed E-state index contributed by atoms with van der Waals surface area (Å²) in [6, 6.07) is 4.77. The number of aromatic amines is 1. The molecule has 0 spiro atoms. The van der Waals surface area contributed by atoms with Gasteiger partial charge in [-0.25, -0.2) is 4.79 Å². The molecule has 0 aliphatic carbocycles. The standard InChI is InChI=1S/C14H16BrN3O3/c1-7(2)11(14(20)21-3)16-13(19)12-9-6-8(15)4-5-10(9)17-18-12/h4-7,11H,1-3H3,(H,16,19)(H,17,18)/t11-/m0/s1. The van der Waals surface area contributed by atoms with E-state index in [0.29, 0.717) is 5.39 Å². The highest BCUT2D eigenvalue weighted by molar-refractivity contribution is 9.10. The number of halogens is 1. The zero-order valence-electron chi connectivity index (χ0n) is 11.9. The lowest BCUT2D eigenvalue weighted by Crippen LogP contribution is -2.45. The average molecular weight is 354 g/mol. The van der Waals surface area contributed by atoms with E-state index in [9.17, 15) is 9.59 Å². The Morgan fingerprint density at radius 2 is 2.10 bits per heavy atom. The summed E-state index contributed by atoms with van der Waals surface area (Å²) >= 11 is 3.36. The number of benzene rings is 1. The summed E-state index contributed by atoms with van der Waals surface area (Å²) in [6.07, 6.45) is 0. The Labute approximate surface area is 130 Å². The van der Waals surface area contributed by atoms with Gasteiger partial charge in [0.1, 0.15) is 6.04 Å². The number of nitrogens with zero attached hydrogens (tertiary/aromatic N) is 1. The third-order valence-corrected chi connectivity index (χ3v) is 3.64. The molecule has 2 aromatic rings. The number of hydrogen-bond donors (Lipinski definition) is 2. The van der Waals surface area contributed by atoms with E-state index < -0.39 is 17.9 Å². The highest BCUT2D eigenvalue weighted by atomic mass is 79.9. The number of esters is 1. The highest BCUT2D eigenvalue weighted by Crippen LogP contribution is 2.21. The number of hydrogen-bond acceptors (Lipinski definition) is 4. The van der Waals surface area contributed by atoms with Gasteiger partial charge in [0.05, 0.1) is 12.6 Å². The van der Waals surface area contributed by atoms with Crippen molar-refractivity contribution in [3.05, 3.63) is 28.4 Å². The van der Waals surface area contributed by atoms with E-state index in [2.05, 4.69) is 31.4 Å². The number of H-pyrrole nitrogens is 1. The number of amides is 1. The van der Waals surface area contributed by atoms with Crippen LogP contribution in [0.1, 0.15) is 24.3 Å². The second-order valence-electron chi connectivity index (χ2n) is 4.98. The molecule has 0 aliphatic rings. The van der Waals surface area contributed by atoms with E-state index in [0.717, 1.165) is 9.99 Å². The number of carbonyl (C=O) groups is 2. The van der Waals surface area contributed by atoms with Gasteiger partial charge in [-0.05, 0) is 24.1 Å². The second-order valence-corrected chi connectivity index (χ2v) is 5.90. The van der Waals surface area contributed by atoms with E-state index in [4.69, 9.17) is 4.74 Å². The van der Waals surface area contributed by atoms with Crippen LogP contribution in [0.15, 0.2) is 22.7 Å². The van der Waals surface area contributed by atoms with Gasteiger partial charge in [0.25, 0.3) is 5.91 Å². The fourth-order valence-corrected chi connectivity index (χ4v) is 2.35. The van der Waals surface area contributed by atoms with Gasteiger partial charge in [-0.15, -0.1) is 0 Å². The largest absolute Gasteiger partial charge is 0.467 e. The first-order chi connectivity index (χ1) is 9.93. The van der Waals surface area contributed by atoms with Gasteiger partial charge in [-0.2, -0.15) is 5.10 Å². The minimum atomic E-state index is -0.707. The number of aromatic nitrogens is 2. The van der Waals surface area contributed by atoms with Crippen molar-refractivity contribution in [3.8, 4) is 0 Å². The van der Waals surface area contributed by atoms with E-state index in [1.54, 1.807) is 6.07 Å². The van der Waals surface area contributed by atoms with Gasteiger partial charge in [0.2, 0.25) is 0 Å². The van der Waals surface area contributed by atoms with E-state index >= 15 is 0 Å². The molecular weight excluding hydrogens is 338 g/mol. The highest BCUT2D eigenvalue weighted by Gasteiger charge is 2.27. The minimum Gasteiger partial charge on any atom is -0.467 e. The first-order valence-corrected chi connectivity index (χ1v) is 7.25. The number of rotatable bonds is 4. The van der Waals surface area contributed by atoms with Gasteiger partial charge in [0.15, 0.2) is 5.69 Å². The lowest BCUT2D eigenvalue weighted by molar-refractivity contribution is -0.144. The van der Waals surface area contributed by atoms with Gasteiger partial charge in [-0.1, -0.05) is 29.8 Å². The summed E-state index contributed by atoms with van der Waals surface area (Å²) in [5.74, 6) is -0.971. The van der Waals surface area contributed by atoms with Crippen LogP contribution in [0.4, 0.5) is 0 Å². The minimum absolute atomic E-state index is 0.0849. The molecule has 1 amide bonds. The molecule has 2 rings (SSSR count). The molecule has 7 heteroatoms. The van der Waals surface area contributed by atoms with Crippen LogP contribution in [-0.2, 0) is 9.53 Å². The van der Waals surface area contributed by atoms with Crippen molar-refractivity contribution < 1.29 is 14.3 Å². The summed E-state index contributed by atoms with van der Waals surface area (Å²) in [4.78, 5) is 24.1. The molecule has 1 heterocycles. The Bertz CT molecular complexity index is 681. The third-order valence-electron chi connectivity index (χ3n) is 3.15. The number of fused-ring (bicyclic) bond motifs is 1. The average Bonchev–Trinajstić information content (AvgIpc) is 2.86. The molecule has 6 nitrogen and oxygen atoms in total. The van der Waals surface area contributed by atoms with Crippen molar-refractivity contribution in [2.24, 2.45) is 5.92 Å². The quantitative estimate of drug-likeness (QED) is 0.825. The van der Waals surface area contributed by atoms with Gasteiger partial charge in [0, 0.05) is 9.86 Å². The van der Waals surface area contributed by atoms with Crippen molar-refractivity contribution in [1.29, 1.82) is 0 Å². The van der Waals surface area contributed by atoms with Crippen molar-refractivity contribution in [2.45, 2.75) is 19.9 Å². The summed E-state index contributed by atoms with van der Waals surface area (Å²) in [5, 5.41) is 10.2. The first-order valence-electron chi connectivity index (χ1n) is 6.46. The Morgan fingerprint density at radius 3 is 2.71 bits per heavy atom. The third kappa shape index (κ3) is 3.24. The summed E-state index contributed by atoms with van der Waals surface area (Å²) < 4.78 is 5.56. The van der Waals surface area contributed by atoms with Gasteiger partial charge >= 0.3 is 5.97 Å². The first kappa shape index (κ1) is 15.5. The number of methoxy groups -OCH3 is 1. The number of carbonyl (C=O) groups excluding carboxylic acids is 2. The molecule has 2 N–H and O–H groups in total. The zero-order valence-corrected chi connectivity index (χ0v) is 13.5. The number of nitrogens with one attached hydrogen (secondary N) is 2. The smallest absolute Gasteiger partial charge is 0.328 e. The Morgan fingerprint density at radius 1 is 1.38 bits per heavy atom. The molecular formula is C14H16BrN3O3. The van der Waals surface area contributed by atoms with Crippen LogP contribution in [0, 0.1) is 5.92 Å². The summed E-state index contributed by atoms with van der Waals surface area (Å²) in [6.45, 7) is 3.67. The lowest BCUT2D eigenvalue weighted by atomic mass is 10.0. The van der Waals surface area contributed by atoms with Crippen LogP contribution in [0.25, 0.3) is 10.9 Å². The molecule has 1 atom stereocenters. The Kier molecular flexibility index (Phi) is 4.62. The molecule has 1 aromatic heterocycles. The summed E-state index contributed by atoms with van der Waals surface area (Å²) in [5.41, 5.74) is 1.00. The van der Waals surface area contributed by atoms with Crippen molar-refractivity contribution in [2.75, 3.05) is 7.11 Å². The van der Waals surface area contributed by atoms with Crippen LogP contribution in [0.3, 0.4) is 0 Å². The molecule has 112 valence electrons. The predicted octanol–water partition coefficient (Wildman–Crippen LogP) is 2.25. The molecule has 0 unspecified atom stereocenters. The normalized spacial score (nSPS) is 12.4. The Balaban J connectivity index is 2.29. The maximum absolute atomic E-state index is 12.3. The van der Waals surface area contributed by atoms with Crippen LogP contribution in [0.2, 0.25) is 0 Å². The molecule has 0 radical (unpaired) electrons. The van der Waals surface area contributed by atoms with Crippen molar-refractivity contribution in [1.82, 2.24) is 15.5 Å². The molecule has 0 saturated carbocycles. The van der Waals surface area contributed by atoms with Gasteiger partial charge < -0.3 is 10.1 Å². The Hall–Kier alpha value is -1.89. The SMILES string of the molecule is COC(=O)[C@@H](NC(=O)c1n[nH]c2ccc(Br)cc12)C(C)C. The lowest BCUT2D eigenvalue weighted by Gasteiger charge is -2.19. The van der Waals surface area contributed by atoms with E-state index in [-0.39, 0.29) is 11.6 Å². The van der Waals surface area contributed by atoms with Crippen molar-refractivity contribution in [3.63, 3.8) is 0 Å². The molecule has 0 fully saturated rings. The fraction of sp³-hybridized carbons (Fsp3) is 0.357. The van der Waals surface area contributed by atoms with Gasteiger partial charge in [-0.3, -0.25) is 9.89 Å². The maximum Gasteiger partial charge on any atom is 0.328 e. The molecule has 21 heavy (non-hydrogen) atoms. The topological polar surface area (TPSA) is 84.1 Å². The van der Waals surface area contributed by atoms with Crippen molar-refractivity contribution >= 4 is 38.7 Å².